The van der Waals surface area contributed by atoms with Crippen molar-refractivity contribution in [2.75, 3.05) is 24.9 Å². The molecule has 0 saturated heterocycles. The molecule has 1 fully saturated rings. The van der Waals surface area contributed by atoms with E-state index in [1.807, 2.05) is 6.92 Å². The van der Waals surface area contributed by atoms with Crippen molar-refractivity contribution in [3.8, 4) is 11.5 Å². The molecule has 2 amide bonds. The number of amides is 2. The fourth-order valence-electron chi connectivity index (χ4n) is 3.25. The Labute approximate surface area is 172 Å². The molecule has 0 aliphatic heterocycles. The summed E-state index contributed by atoms with van der Waals surface area (Å²) in [6.07, 6.45) is 3.15. The summed E-state index contributed by atoms with van der Waals surface area (Å²) < 4.78 is 38.5. The lowest BCUT2D eigenvalue weighted by Gasteiger charge is -2.33. The zero-order valence-electron chi connectivity index (χ0n) is 17.0. The lowest BCUT2D eigenvalue weighted by molar-refractivity contribution is -0.145. The Morgan fingerprint density at radius 1 is 1.23 bits per heavy atom. The summed E-state index contributed by atoms with van der Waals surface area (Å²) in [5.74, 6) is -4.19. The van der Waals surface area contributed by atoms with Crippen molar-refractivity contribution in [3.05, 3.63) is 30.1 Å². The Morgan fingerprint density at radius 2 is 1.97 bits per heavy atom. The number of aryl methyl sites for hydroxylation is 1. The Morgan fingerprint density at radius 3 is 2.57 bits per heavy atom. The van der Waals surface area contributed by atoms with Gasteiger partial charge in [-0.05, 0) is 18.6 Å². The van der Waals surface area contributed by atoms with Gasteiger partial charge in [-0.1, -0.05) is 6.92 Å². The first-order chi connectivity index (χ1) is 14.3. The highest BCUT2D eigenvalue weighted by Gasteiger charge is 2.48. The van der Waals surface area contributed by atoms with Crippen LogP contribution in [0.3, 0.4) is 0 Å². The van der Waals surface area contributed by atoms with Crippen molar-refractivity contribution in [1.29, 1.82) is 0 Å². The molecule has 1 aromatic heterocycles. The number of benzene rings is 1. The van der Waals surface area contributed by atoms with Gasteiger partial charge in [0.25, 0.3) is 5.91 Å². The predicted molar refractivity (Wildman–Crippen MR) is 106 cm³/mol. The van der Waals surface area contributed by atoms with Gasteiger partial charge in [-0.2, -0.15) is 5.10 Å². The maximum atomic E-state index is 13.1. The van der Waals surface area contributed by atoms with E-state index in [2.05, 4.69) is 15.7 Å². The number of halogens is 2. The molecule has 0 unspecified atom stereocenters. The molecular weight excluding hydrogens is 398 g/mol. The summed E-state index contributed by atoms with van der Waals surface area (Å²) in [5, 5.41) is 9.47. The molecule has 2 aromatic rings. The SMILES string of the molecule is CCCn1cc(NC(=O)c2cc(NC(=O)C3CC(F)(F)C3)c(OC)c(OC)c2)cn1. The number of rotatable bonds is 8. The first kappa shape index (κ1) is 21.5. The van der Waals surface area contributed by atoms with Crippen LogP contribution in [0.15, 0.2) is 24.5 Å². The summed E-state index contributed by atoms with van der Waals surface area (Å²) in [4.78, 5) is 25.1. The normalized spacial score (nSPS) is 15.2. The van der Waals surface area contributed by atoms with Crippen molar-refractivity contribution in [2.24, 2.45) is 5.92 Å². The van der Waals surface area contributed by atoms with Crippen LogP contribution in [0.25, 0.3) is 0 Å². The van der Waals surface area contributed by atoms with Crippen molar-refractivity contribution in [1.82, 2.24) is 9.78 Å². The summed E-state index contributed by atoms with van der Waals surface area (Å²) in [7, 11) is 2.78. The van der Waals surface area contributed by atoms with Gasteiger partial charge in [-0.3, -0.25) is 14.3 Å². The zero-order chi connectivity index (χ0) is 21.9. The smallest absolute Gasteiger partial charge is 0.255 e. The summed E-state index contributed by atoms with van der Waals surface area (Å²) in [6.45, 7) is 2.74. The van der Waals surface area contributed by atoms with Crippen LogP contribution in [0.4, 0.5) is 20.2 Å². The second kappa shape index (κ2) is 8.68. The molecule has 10 heteroatoms. The van der Waals surface area contributed by atoms with Crippen molar-refractivity contribution >= 4 is 23.2 Å². The van der Waals surface area contributed by atoms with Gasteiger partial charge >= 0.3 is 0 Å². The average Bonchev–Trinajstić information content (AvgIpc) is 3.12. The van der Waals surface area contributed by atoms with E-state index in [1.165, 1.54) is 32.5 Å². The van der Waals surface area contributed by atoms with E-state index in [0.717, 1.165) is 13.0 Å². The van der Waals surface area contributed by atoms with E-state index in [9.17, 15) is 18.4 Å². The van der Waals surface area contributed by atoms with Crippen LogP contribution in [-0.2, 0) is 11.3 Å². The van der Waals surface area contributed by atoms with E-state index in [1.54, 1.807) is 10.9 Å². The Balaban J connectivity index is 1.81. The van der Waals surface area contributed by atoms with Gasteiger partial charge in [0.1, 0.15) is 0 Å². The van der Waals surface area contributed by atoms with Crippen LogP contribution in [0.5, 0.6) is 11.5 Å². The minimum atomic E-state index is -2.81. The molecule has 1 heterocycles. The van der Waals surface area contributed by atoms with Crippen molar-refractivity contribution in [2.45, 2.75) is 38.7 Å². The fraction of sp³-hybridized carbons (Fsp3) is 0.450. The highest BCUT2D eigenvalue weighted by Crippen LogP contribution is 2.44. The quantitative estimate of drug-likeness (QED) is 0.679. The Kier molecular flexibility index (Phi) is 6.23. The molecule has 8 nitrogen and oxygen atoms in total. The molecule has 0 spiro atoms. The van der Waals surface area contributed by atoms with E-state index < -0.39 is 36.5 Å². The molecule has 1 aliphatic carbocycles. The third kappa shape index (κ3) is 4.69. The maximum Gasteiger partial charge on any atom is 0.255 e. The van der Waals surface area contributed by atoms with Gasteiger partial charge in [-0.15, -0.1) is 0 Å². The summed E-state index contributed by atoms with van der Waals surface area (Å²) in [5.41, 5.74) is 0.888. The molecule has 0 bridgehead atoms. The van der Waals surface area contributed by atoms with Crippen LogP contribution in [-0.4, -0.2) is 41.7 Å². The van der Waals surface area contributed by atoms with Gasteiger partial charge in [0, 0.05) is 37.1 Å². The van der Waals surface area contributed by atoms with E-state index in [4.69, 9.17) is 9.47 Å². The number of hydrogen-bond acceptors (Lipinski definition) is 5. The molecule has 1 aliphatic rings. The largest absolute Gasteiger partial charge is 0.493 e. The van der Waals surface area contributed by atoms with Gasteiger partial charge in [0.15, 0.2) is 11.5 Å². The zero-order valence-corrected chi connectivity index (χ0v) is 17.0. The fourth-order valence-corrected chi connectivity index (χ4v) is 3.25. The Bertz CT molecular complexity index is 937. The molecule has 3 rings (SSSR count). The number of ether oxygens (including phenoxy) is 2. The van der Waals surface area contributed by atoms with Gasteiger partial charge in [0.2, 0.25) is 11.8 Å². The third-order valence-electron chi connectivity index (χ3n) is 4.80. The van der Waals surface area contributed by atoms with E-state index in [-0.39, 0.29) is 22.7 Å². The number of alkyl halides is 2. The number of nitrogens with zero attached hydrogens (tertiary/aromatic N) is 2. The van der Waals surface area contributed by atoms with Crippen LogP contribution < -0.4 is 20.1 Å². The summed E-state index contributed by atoms with van der Waals surface area (Å²) in [6, 6.07) is 2.89. The molecule has 30 heavy (non-hydrogen) atoms. The number of aromatic nitrogens is 2. The highest BCUT2D eigenvalue weighted by molar-refractivity contribution is 6.06. The predicted octanol–water partition coefficient (Wildman–Crippen LogP) is 3.55. The third-order valence-corrected chi connectivity index (χ3v) is 4.80. The van der Waals surface area contributed by atoms with E-state index in [0.29, 0.717) is 5.69 Å². The van der Waals surface area contributed by atoms with Crippen LogP contribution >= 0.6 is 0 Å². The first-order valence-corrected chi connectivity index (χ1v) is 9.55. The highest BCUT2D eigenvalue weighted by atomic mass is 19.3. The van der Waals surface area contributed by atoms with Gasteiger partial charge < -0.3 is 20.1 Å². The van der Waals surface area contributed by atoms with Crippen LogP contribution in [0, 0.1) is 5.92 Å². The maximum absolute atomic E-state index is 13.1. The standard InChI is InChI=1S/C20H24F2N4O4/c1-4-5-26-11-14(10-23-26)24-18(27)12-6-15(17(30-3)16(7-12)29-2)25-19(28)13-8-20(21,22)9-13/h6-7,10-11,13H,4-5,8-9H2,1-3H3,(H,24,27)(H,25,28). The number of methoxy groups -OCH3 is 2. The molecule has 0 radical (unpaired) electrons. The number of hydrogen-bond donors (Lipinski definition) is 2. The van der Waals surface area contributed by atoms with E-state index >= 15 is 0 Å². The van der Waals surface area contributed by atoms with Crippen LogP contribution in [0.1, 0.15) is 36.5 Å². The second-order valence-corrected chi connectivity index (χ2v) is 7.16. The monoisotopic (exact) mass is 422 g/mol. The average molecular weight is 422 g/mol. The molecular formula is C20H24F2N4O4. The molecule has 1 saturated carbocycles. The number of anilines is 2. The number of carbonyl (C=O) groups is 2. The first-order valence-electron chi connectivity index (χ1n) is 9.55. The molecule has 0 atom stereocenters. The van der Waals surface area contributed by atoms with Gasteiger partial charge in [0.05, 0.1) is 31.8 Å². The lowest BCUT2D eigenvalue weighted by Crippen LogP contribution is -2.42. The Hall–Kier alpha value is -3.17. The number of nitrogens with one attached hydrogen (secondary N) is 2. The van der Waals surface area contributed by atoms with Crippen molar-refractivity contribution < 1.29 is 27.8 Å². The number of carbonyl (C=O) groups excluding carboxylic acids is 2. The summed E-state index contributed by atoms with van der Waals surface area (Å²) >= 11 is 0. The lowest BCUT2D eigenvalue weighted by atomic mass is 9.80. The van der Waals surface area contributed by atoms with Gasteiger partial charge in [-0.25, -0.2) is 8.78 Å². The second-order valence-electron chi connectivity index (χ2n) is 7.16. The minimum absolute atomic E-state index is 0.170. The topological polar surface area (TPSA) is 94.5 Å². The van der Waals surface area contributed by atoms with Crippen molar-refractivity contribution in [3.63, 3.8) is 0 Å². The molecule has 2 N–H and O–H groups in total. The molecule has 1 aromatic carbocycles. The van der Waals surface area contributed by atoms with Crippen LogP contribution in [0.2, 0.25) is 0 Å². The molecule has 162 valence electrons. The minimum Gasteiger partial charge on any atom is -0.493 e.